The van der Waals surface area contributed by atoms with E-state index >= 15 is 0 Å². The number of aliphatic hydroxyl groups is 1. The first-order valence-corrected chi connectivity index (χ1v) is 28.6. The first-order valence-electron chi connectivity index (χ1n) is 27.2. The molecule has 0 spiro atoms. The Labute approximate surface area is 392 Å². The molecule has 0 aromatic rings. The molecule has 0 aliphatic rings. The van der Waals surface area contributed by atoms with Crippen LogP contribution in [0.25, 0.3) is 0 Å². The SMILES string of the molecule is CCCCCCC/C=C\C/C=C\CCCCCCCCCCCCCCCCCCCC(=O)NC(COP(=O)([O-])OCC[N+](C)(C)C)C(O)CCCCCCCCCCCCCC. The topological polar surface area (TPSA) is 108 Å². The number of nitrogens with one attached hydrogen (secondary N) is 1. The highest BCUT2D eigenvalue weighted by Gasteiger charge is 2.24. The van der Waals surface area contributed by atoms with Crippen molar-refractivity contribution < 1.29 is 32.9 Å². The number of nitrogens with zero attached hydrogens (tertiary/aromatic N) is 1. The summed E-state index contributed by atoms with van der Waals surface area (Å²) in [6.07, 6.45) is 56.4. The van der Waals surface area contributed by atoms with Crippen molar-refractivity contribution in [3.05, 3.63) is 24.3 Å². The number of aliphatic hydroxyl groups excluding tert-OH is 1. The Hall–Kier alpha value is -1.02. The van der Waals surface area contributed by atoms with Crippen LogP contribution in [0, 0.1) is 0 Å². The van der Waals surface area contributed by atoms with E-state index in [0.29, 0.717) is 23.9 Å². The normalized spacial score (nSPS) is 14.2. The quantitative estimate of drug-likeness (QED) is 0.0272. The predicted molar refractivity (Wildman–Crippen MR) is 270 cm³/mol. The maximum absolute atomic E-state index is 12.9. The minimum atomic E-state index is -4.56. The van der Waals surface area contributed by atoms with Gasteiger partial charge in [0.25, 0.3) is 7.82 Å². The molecule has 1 amide bonds. The van der Waals surface area contributed by atoms with Crippen molar-refractivity contribution in [3.63, 3.8) is 0 Å². The van der Waals surface area contributed by atoms with Gasteiger partial charge in [-0.25, -0.2) is 0 Å². The van der Waals surface area contributed by atoms with Crippen molar-refractivity contribution in [2.45, 2.75) is 276 Å². The molecule has 0 heterocycles. The molecule has 374 valence electrons. The molecule has 0 rings (SSSR count). The van der Waals surface area contributed by atoms with Crippen LogP contribution in [0.2, 0.25) is 0 Å². The molecule has 0 bridgehead atoms. The summed E-state index contributed by atoms with van der Waals surface area (Å²) >= 11 is 0. The molecule has 0 saturated heterocycles. The Balaban J connectivity index is 4.03. The van der Waals surface area contributed by atoms with Crippen molar-refractivity contribution in [1.82, 2.24) is 5.32 Å². The van der Waals surface area contributed by atoms with E-state index in [1.165, 1.54) is 193 Å². The fourth-order valence-electron chi connectivity index (χ4n) is 8.13. The van der Waals surface area contributed by atoms with Crippen LogP contribution >= 0.6 is 7.82 Å². The Morgan fingerprint density at radius 1 is 0.556 bits per heavy atom. The van der Waals surface area contributed by atoms with Crippen molar-refractivity contribution in [1.29, 1.82) is 0 Å². The lowest BCUT2D eigenvalue weighted by molar-refractivity contribution is -0.870. The Kier molecular flexibility index (Phi) is 45.4. The number of hydrogen-bond donors (Lipinski definition) is 2. The number of carbonyl (C=O) groups is 1. The molecule has 0 aromatic heterocycles. The molecule has 3 atom stereocenters. The third-order valence-electron chi connectivity index (χ3n) is 12.4. The predicted octanol–water partition coefficient (Wildman–Crippen LogP) is 15.4. The molecule has 0 aliphatic carbocycles. The van der Waals surface area contributed by atoms with Gasteiger partial charge >= 0.3 is 0 Å². The van der Waals surface area contributed by atoms with E-state index in [1.54, 1.807) is 0 Å². The molecule has 8 nitrogen and oxygen atoms in total. The van der Waals surface area contributed by atoms with Gasteiger partial charge in [0.1, 0.15) is 13.2 Å². The molecule has 0 radical (unpaired) electrons. The van der Waals surface area contributed by atoms with Gasteiger partial charge in [0.15, 0.2) is 0 Å². The Morgan fingerprint density at radius 2 is 0.921 bits per heavy atom. The second kappa shape index (κ2) is 46.1. The highest BCUT2D eigenvalue weighted by atomic mass is 31.2. The molecular weight excluding hydrogens is 804 g/mol. The smallest absolute Gasteiger partial charge is 0.268 e. The summed E-state index contributed by atoms with van der Waals surface area (Å²) in [5, 5.41) is 13.9. The number of likely N-dealkylation sites (N-methyl/N-ethyl adjacent to an activating group) is 1. The second-order valence-electron chi connectivity index (χ2n) is 19.9. The number of quaternary nitrogens is 1. The first-order chi connectivity index (χ1) is 30.5. The minimum absolute atomic E-state index is 0.0140. The number of unbranched alkanes of at least 4 members (excludes halogenated alkanes) is 33. The number of phosphoric ester groups is 1. The third-order valence-corrected chi connectivity index (χ3v) is 13.4. The largest absolute Gasteiger partial charge is 0.756 e. The fourth-order valence-corrected chi connectivity index (χ4v) is 8.85. The summed E-state index contributed by atoms with van der Waals surface area (Å²) in [6, 6.07) is -0.797. The summed E-state index contributed by atoms with van der Waals surface area (Å²) in [7, 11) is 1.31. The first kappa shape index (κ1) is 62.0. The standard InChI is InChI=1S/C54H107N2O6P/c1-6-8-10-12-14-16-18-20-21-22-23-24-25-26-27-28-29-30-31-32-33-34-35-36-38-40-42-44-46-48-54(58)55-52(51-62-63(59,60)61-50-49-56(3,4)5)53(57)47-45-43-41-39-37-19-17-15-13-11-9-7-2/h18,20,22-23,52-53,57H,6-17,19,21,24-51H2,1-5H3,(H-,55,58,59,60)/b20-18-,23-22-. The van der Waals surface area contributed by atoms with Crippen LogP contribution in [0.5, 0.6) is 0 Å². The van der Waals surface area contributed by atoms with E-state index in [0.717, 1.165) is 44.9 Å². The third kappa shape index (κ3) is 48.7. The molecule has 2 N–H and O–H groups in total. The fraction of sp³-hybridized carbons (Fsp3) is 0.907. The van der Waals surface area contributed by atoms with Crippen molar-refractivity contribution in [2.24, 2.45) is 0 Å². The van der Waals surface area contributed by atoms with Gasteiger partial charge in [-0.15, -0.1) is 0 Å². The number of hydrogen-bond acceptors (Lipinski definition) is 6. The van der Waals surface area contributed by atoms with Gasteiger partial charge in [-0.2, -0.15) is 0 Å². The lowest BCUT2D eigenvalue weighted by Crippen LogP contribution is -2.46. The van der Waals surface area contributed by atoms with Gasteiger partial charge < -0.3 is 28.8 Å². The highest BCUT2D eigenvalue weighted by molar-refractivity contribution is 7.45. The van der Waals surface area contributed by atoms with Crippen LogP contribution in [-0.4, -0.2) is 68.5 Å². The van der Waals surface area contributed by atoms with E-state index < -0.39 is 20.0 Å². The number of phosphoric acid groups is 1. The Morgan fingerprint density at radius 3 is 1.32 bits per heavy atom. The molecule has 0 saturated carbocycles. The molecular formula is C54H107N2O6P. The van der Waals surface area contributed by atoms with Gasteiger partial charge in [-0.3, -0.25) is 9.36 Å². The van der Waals surface area contributed by atoms with Crippen LogP contribution in [-0.2, 0) is 18.4 Å². The van der Waals surface area contributed by atoms with E-state index in [4.69, 9.17) is 9.05 Å². The van der Waals surface area contributed by atoms with Crippen molar-refractivity contribution >= 4 is 13.7 Å². The number of allylic oxidation sites excluding steroid dienone is 4. The summed E-state index contributed by atoms with van der Waals surface area (Å²) in [5.41, 5.74) is 0. The summed E-state index contributed by atoms with van der Waals surface area (Å²) < 4.78 is 23.3. The maximum Gasteiger partial charge on any atom is 0.268 e. The monoisotopic (exact) mass is 911 g/mol. The zero-order valence-corrected chi connectivity index (χ0v) is 43.4. The lowest BCUT2D eigenvalue weighted by Gasteiger charge is -2.30. The van der Waals surface area contributed by atoms with Crippen LogP contribution in [0.4, 0.5) is 0 Å². The van der Waals surface area contributed by atoms with E-state index in [1.807, 2.05) is 21.1 Å². The average Bonchev–Trinajstić information content (AvgIpc) is 3.24. The molecule has 0 fully saturated rings. The number of carbonyl (C=O) groups excluding carboxylic acids is 1. The van der Waals surface area contributed by atoms with Gasteiger partial charge in [-0.05, 0) is 44.9 Å². The number of amides is 1. The maximum atomic E-state index is 12.9. The van der Waals surface area contributed by atoms with Gasteiger partial charge in [0.2, 0.25) is 5.91 Å². The highest BCUT2D eigenvalue weighted by Crippen LogP contribution is 2.38. The zero-order valence-electron chi connectivity index (χ0n) is 42.5. The van der Waals surface area contributed by atoms with Crippen molar-refractivity contribution in [2.75, 3.05) is 40.9 Å². The van der Waals surface area contributed by atoms with Crippen LogP contribution in [0.3, 0.4) is 0 Å². The summed E-state index contributed by atoms with van der Waals surface area (Å²) in [6.45, 7) is 4.73. The molecule has 0 aliphatic heterocycles. The lowest BCUT2D eigenvalue weighted by atomic mass is 10.0. The minimum Gasteiger partial charge on any atom is -0.756 e. The molecule has 9 heteroatoms. The summed E-state index contributed by atoms with van der Waals surface area (Å²) in [4.78, 5) is 25.4. The summed E-state index contributed by atoms with van der Waals surface area (Å²) in [5.74, 6) is -0.162. The zero-order chi connectivity index (χ0) is 46.4. The van der Waals surface area contributed by atoms with Gasteiger partial charge in [-0.1, -0.05) is 237 Å². The van der Waals surface area contributed by atoms with E-state index in [-0.39, 0.29) is 19.1 Å². The number of rotatable bonds is 50. The average molecular weight is 911 g/mol. The van der Waals surface area contributed by atoms with E-state index in [9.17, 15) is 19.4 Å². The molecule has 3 unspecified atom stereocenters. The van der Waals surface area contributed by atoms with E-state index in [2.05, 4.69) is 43.5 Å². The van der Waals surface area contributed by atoms with Gasteiger partial charge in [0.05, 0.1) is 39.9 Å². The van der Waals surface area contributed by atoms with Crippen molar-refractivity contribution in [3.8, 4) is 0 Å². The van der Waals surface area contributed by atoms with Crippen LogP contribution in [0.15, 0.2) is 24.3 Å². The van der Waals surface area contributed by atoms with Crippen LogP contribution in [0.1, 0.15) is 264 Å². The second-order valence-corrected chi connectivity index (χ2v) is 21.4. The Bertz CT molecular complexity index is 1080. The molecule has 0 aromatic carbocycles. The molecule has 63 heavy (non-hydrogen) atoms. The van der Waals surface area contributed by atoms with Crippen LogP contribution < -0.4 is 10.2 Å². The van der Waals surface area contributed by atoms with Gasteiger partial charge in [0, 0.05) is 6.42 Å².